The minimum Gasteiger partial charge on any atom is -0.399 e. The van der Waals surface area contributed by atoms with Crippen LogP contribution in [0.25, 0.3) is 202 Å². The first-order chi connectivity index (χ1) is 65.0. The highest BCUT2D eigenvalue weighted by Crippen LogP contribution is 2.53. The second kappa shape index (κ2) is 31.7. The molecule has 0 amide bonds. The molecule has 23 aromatic carbocycles. The van der Waals surface area contributed by atoms with E-state index in [-0.39, 0.29) is 18.3 Å². The Bertz CT molecular complexity index is 8520. The Morgan fingerprint density at radius 2 is 0.591 bits per heavy atom. The molecule has 0 saturated carbocycles. The molecule has 29 rings (SSSR count). The standard InChI is InChI=1S/C33H22.C32H28BNO2.3C21H14/c1-3-11-22(12-4-1)30-20-24-19-25-21-31(23-13-5-2-6-14-23)27-16-8-10-18-29(27)33(25)32(24)28-17-9-7-15-26(28)30;1-31(2)32(3,4)36-33(35-31)23-15-17-24(18-16-23)34-27-19-13-21-9-5-7-11-25(21)29(27)30-26-12-8-6-10-22(26)14-20-28(30)34;1-3-7-16-14(5-1)9-11-18-19-12-10-15-6-2-4-8-17(15)21(19)13-20(16)18;1-2-8-15-14(7-1)13-20-18-11-4-3-9-16(18)17-10-5-6-12-19(17)21(15)20;1-2-7-16-13-20-18(11-15(16)6-1)12-17-10-9-14-5-3-4-8-19(14)21(17)20/h1-18,20-21H,19H2;5-20H,1-4H3;2*1-12H,13H2;1-11,13H,12H2. The third-order valence-electron chi connectivity index (χ3n) is 29.3. The van der Waals surface area contributed by atoms with Gasteiger partial charge < -0.3 is 13.9 Å². The summed E-state index contributed by atoms with van der Waals surface area (Å²) in [6.45, 7) is 8.37. The van der Waals surface area contributed by atoms with Crippen LogP contribution >= 0.6 is 0 Å². The van der Waals surface area contributed by atoms with E-state index >= 15 is 0 Å². The van der Waals surface area contributed by atoms with E-state index in [0.29, 0.717) is 0 Å². The predicted octanol–water partition coefficient (Wildman–Crippen LogP) is 33.0. The summed E-state index contributed by atoms with van der Waals surface area (Å²) >= 11 is 0. The number of hydrogen-bond donors (Lipinski definition) is 0. The molecular formula is C128H92BNO2. The van der Waals surface area contributed by atoms with E-state index in [1.54, 1.807) is 0 Å². The summed E-state index contributed by atoms with van der Waals surface area (Å²) in [6.07, 6.45) is 4.13. The molecule has 24 aromatic rings. The van der Waals surface area contributed by atoms with Crippen molar-refractivity contribution in [1.82, 2.24) is 4.57 Å². The molecule has 4 heteroatoms. The summed E-state index contributed by atoms with van der Waals surface area (Å²) < 4.78 is 15.0. The predicted molar refractivity (Wildman–Crippen MR) is 561 cm³/mol. The van der Waals surface area contributed by atoms with Gasteiger partial charge in [0.2, 0.25) is 0 Å². The normalized spacial score (nSPS) is 13.7. The molecule has 0 unspecified atom stereocenters. The second-order valence-electron chi connectivity index (χ2n) is 37.2. The fourth-order valence-corrected chi connectivity index (χ4v) is 22.4. The van der Waals surface area contributed by atoms with E-state index in [4.69, 9.17) is 9.31 Å². The van der Waals surface area contributed by atoms with E-state index in [1.165, 1.54) is 241 Å². The van der Waals surface area contributed by atoms with Crippen molar-refractivity contribution in [2.75, 3.05) is 0 Å². The molecule has 132 heavy (non-hydrogen) atoms. The monoisotopic (exact) mass is 1690 g/mol. The van der Waals surface area contributed by atoms with Gasteiger partial charge in [-0.25, -0.2) is 0 Å². The van der Waals surface area contributed by atoms with Gasteiger partial charge in [0.15, 0.2) is 0 Å². The van der Waals surface area contributed by atoms with Gasteiger partial charge in [-0.15, -0.1) is 0 Å². The summed E-state index contributed by atoms with van der Waals surface area (Å²) in [7, 11) is -0.366. The Labute approximate surface area is 768 Å². The number of rotatable bonds is 4. The van der Waals surface area contributed by atoms with Gasteiger partial charge in [-0.05, 0) is 320 Å². The van der Waals surface area contributed by atoms with Gasteiger partial charge in [-0.2, -0.15) is 0 Å². The Morgan fingerprint density at radius 3 is 1.11 bits per heavy atom. The van der Waals surface area contributed by atoms with E-state index in [0.717, 1.165) is 36.8 Å². The Balaban J connectivity index is 0.0000000904. The van der Waals surface area contributed by atoms with E-state index in [9.17, 15) is 0 Å². The molecule has 0 radical (unpaired) electrons. The maximum absolute atomic E-state index is 6.29. The first kappa shape index (κ1) is 78.7. The van der Waals surface area contributed by atoms with Crippen molar-refractivity contribution >= 4 is 142 Å². The molecule has 1 aliphatic heterocycles. The van der Waals surface area contributed by atoms with Gasteiger partial charge >= 0.3 is 7.12 Å². The SMILES string of the molecule is CC1(C)OB(c2ccc(-n3c4ccc5ccccc5c4c4c5ccccc5ccc43)cc2)OC1(C)C.c1ccc(-c2cc3c(c4ccccc24)-c2c(cc(-c4ccccc4)c4ccccc24)C3)cc1.c1ccc2c(c1)Cc1c-2c2ccccc2c2ccccc12.c1ccc2c3c(ccc2c1)-c1ccc2ccccc2c1C3.c1ccc2cc3c(cc2c1)Cc1ccc2ccccc2c1-3. The molecule has 0 N–H and O–H groups in total. The van der Waals surface area contributed by atoms with Gasteiger partial charge in [0.25, 0.3) is 0 Å². The smallest absolute Gasteiger partial charge is 0.399 e. The number of nitrogens with zero attached hydrogens (tertiary/aromatic N) is 1. The van der Waals surface area contributed by atoms with Crippen LogP contribution in [-0.2, 0) is 35.0 Å². The highest BCUT2D eigenvalue weighted by Gasteiger charge is 2.52. The fourth-order valence-electron chi connectivity index (χ4n) is 22.4. The maximum atomic E-state index is 6.29. The number of aromatic nitrogens is 1. The van der Waals surface area contributed by atoms with Crippen LogP contribution in [-0.4, -0.2) is 22.9 Å². The molecule has 3 nitrogen and oxygen atoms in total. The van der Waals surface area contributed by atoms with Crippen LogP contribution in [0, 0.1) is 0 Å². The van der Waals surface area contributed by atoms with E-state index in [2.05, 4.69) is 469 Å². The quantitative estimate of drug-likeness (QED) is 0.129. The van der Waals surface area contributed by atoms with Crippen LogP contribution in [0.4, 0.5) is 0 Å². The van der Waals surface area contributed by atoms with Crippen LogP contribution < -0.4 is 5.46 Å². The Kier molecular flexibility index (Phi) is 18.9. The minimum atomic E-state index is -0.366. The van der Waals surface area contributed by atoms with Gasteiger partial charge in [-0.1, -0.05) is 394 Å². The zero-order valence-electron chi connectivity index (χ0n) is 74.2. The maximum Gasteiger partial charge on any atom is 0.494 e. The lowest BCUT2D eigenvalue weighted by Gasteiger charge is -2.32. The van der Waals surface area contributed by atoms with Crippen LogP contribution in [0.5, 0.6) is 0 Å². The second-order valence-corrected chi connectivity index (χ2v) is 37.2. The lowest BCUT2D eigenvalue weighted by atomic mass is 9.79. The molecule has 0 atom stereocenters. The molecule has 4 aliphatic carbocycles. The average molecular weight is 1690 g/mol. The molecule has 624 valence electrons. The van der Waals surface area contributed by atoms with Gasteiger partial charge in [0.1, 0.15) is 0 Å². The Hall–Kier alpha value is -15.6. The molecule has 0 bridgehead atoms. The van der Waals surface area contributed by atoms with Crippen molar-refractivity contribution in [3.8, 4) is 72.4 Å². The first-order valence-corrected chi connectivity index (χ1v) is 46.5. The van der Waals surface area contributed by atoms with Gasteiger partial charge in [0, 0.05) is 16.5 Å². The van der Waals surface area contributed by atoms with Crippen molar-refractivity contribution in [2.45, 2.75) is 64.6 Å². The van der Waals surface area contributed by atoms with Crippen molar-refractivity contribution in [1.29, 1.82) is 0 Å². The van der Waals surface area contributed by atoms with E-state index in [1.807, 2.05) is 0 Å². The minimum absolute atomic E-state index is 0.356. The van der Waals surface area contributed by atoms with Crippen molar-refractivity contribution in [3.63, 3.8) is 0 Å². The lowest BCUT2D eigenvalue weighted by molar-refractivity contribution is 0.00578. The molecule has 1 saturated heterocycles. The van der Waals surface area contributed by atoms with Gasteiger partial charge in [-0.3, -0.25) is 0 Å². The number of hydrogen-bond acceptors (Lipinski definition) is 2. The van der Waals surface area contributed by atoms with E-state index < -0.39 is 0 Å². The van der Waals surface area contributed by atoms with Crippen molar-refractivity contribution in [2.24, 2.45) is 0 Å². The summed E-state index contributed by atoms with van der Waals surface area (Å²) in [6, 6.07) is 159. The largest absolute Gasteiger partial charge is 0.494 e. The third-order valence-corrected chi connectivity index (χ3v) is 29.3. The number of fused-ring (bicyclic) bond motifs is 35. The first-order valence-electron chi connectivity index (χ1n) is 46.5. The topological polar surface area (TPSA) is 23.4 Å². The summed E-state index contributed by atoms with van der Waals surface area (Å²) in [4.78, 5) is 0. The zero-order valence-corrected chi connectivity index (χ0v) is 74.2. The van der Waals surface area contributed by atoms with Gasteiger partial charge in [0.05, 0.1) is 22.2 Å². The van der Waals surface area contributed by atoms with Crippen LogP contribution in [0.2, 0.25) is 0 Å². The highest BCUT2D eigenvalue weighted by molar-refractivity contribution is 6.62. The summed E-state index contributed by atoms with van der Waals surface area (Å²) in [5.41, 5.74) is 32.1. The third kappa shape index (κ3) is 13.1. The summed E-state index contributed by atoms with van der Waals surface area (Å²) in [5.74, 6) is 0. The van der Waals surface area contributed by atoms with Crippen LogP contribution in [0.3, 0.4) is 0 Å². The molecule has 5 aliphatic rings. The van der Waals surface area contributed by atoms with Crippen molar-refractivity contribution in [3.05, 3.63) is 481 Å². The lowest BCUT2D eigenvalue weighted by Crippen LogP contribution is -2.41. The molecule has 1 fully saturated rings. The molecule has 1 aromatic heterocycles. The summed E-state index contributed by atoms with van der Waals surface area (Å²) in [5, 5.41) is 29.4. The Morgan fingerprint density at radius 1 is 0.212 bits per heavy atom. The number of benzene rings is 23. The van der Waals surface area contributed by atoms with Crippen LogP contribution in [0.1, 0.15) is 72.2 Å². The average Bonchev–Trinajstić information content (AvgIpc) is 1.55. The fraction of sp³-hybridized carbons (Fsp3) is 0.0781. The molecule has 0 spiro atoms. The molecule has 2 heterocycles. The molecular weight excluding hydrogens is 1590 g/mol. The van der Waals surface area contributed by atoms with Crippen LogP contribution in [0.15, 0.2) is 437 Å². The highest BCUT2D eigenvalue weighted by atomic mass is 16.7. The zero-order chi connectivity index (χ0) is 87.9. The van der Waals surface area contributed by atoms with Crippen molar-refractivity contribution < 1.29 is 9.31 Å².